The fourth-order valence-electron chi connectivity index (χ4n) is 1.66. The molecule has 0 spiro atoms. The van der Waals surface area contributed by atoms with Crippen molar-refractivity contribution >= 4 is 15.9 Å². The topological polar surface area (TPSA) is 42.4 Å². The van der Waals surface area contributed by atoms with Gasteiger partial charge in [-0.25, -0.2) is 0 Å². The minimum Gasteiger partial charge on any atom is -0.386 e. The van der Waals surface area contributed by atoms with E-state index in [2.05, 4.69) is 20.9 Å². The largest absolute Gasteiger partial charge is 0.386 e. The molecule has 1 aromatic rings. The van der Waals surface area contributed by atoms with Gasteiger partial charge in [-0.2, -0.15) is 0 Å². The van der Waals surface area contributed by atoms with Crippen molar-refractivity contribution in [3.05, 3.63) is 28.5 Å². The minimum absolute atomic E-state index is 0.0638. The quantitative estimate of drug-likeness (QED) is 0.882. The first kappa shape index (κ1) is 10.1. The molecule has 0 bridgehead atoms. The Morgan fingerprint density at radius 3 is 3.07 bits per heavy atom. The van der Waals surface area contributed by atoms with Crippen molar-refractivity contribution in [1.29, 1.82) is 0 Å². The van der Waals surface area contributed by atoms with Gasteiger partial charge in [-0.15, -0.1) is 0 Å². The minimum atomic E-state index is -0.553. The van der Waals surface area contributed by atoms with Gasteiger partial charge in [-0.05, 0) is 34.8 Å². The maximum atomic E-state index is 9.96. The van der Waals surface area contributed by atoms with E-state index in [0.29, 0.717) is 0 Å². The fraction of sp³-hybridized carbons (Fsp3) is 0.500. The summed E-state index contributed by atoms with van der Waals surface area (Å²) in [6.45, 7) is 0.753. The second kappa shape index (κ2) is 4.38. The molecule has 1 N–H and O–H groups in total. The molecule has 1 aliphatic rings. The third-order valence-electron chi connectivity index (χ3n) is 2.38. The summed E-state index contributed by atoms with van der Waals surface area (Å²) in [6, 6.07) is 1.87. The van der Waals surface area contributed by atoms with Crippen molar-refractivity contribution < 1.29 is 9.84 Å². The maximum Gasteiger partial charge on any atom is 0.107 e. The number of nitrogens with zero attached hydrogens (tertiary/aromatic N) is 1. The molecule has 1 fully saturated rings. The van der Waals surface area contributed by atoms with Crippen LogP contribution in [0.1, 0.15) is 24.5 Å². The predicted molar refractivity (Wildman–Crippen MR) is 55.9 cm³/mol. The van der Waals surface area contributed by atoms with Gasteiger partial charge in [0.1, 0.15) is 6.10 Å². The number of aliphatic hydroxyl groups excluding tert-OH is 1. The van der Waals surface area contributed by atoms with E-state index in [1.807, 2.05) is 6.07 Å². The Labute approximate surface area is 91.2 Å². The number of hydrogen-bond donors (Lipinski definition) is 1. The Balaban J connectivity index is 2.13. The number of halogens is 1. The Bertz CT molecular complexity index is 313. The van der Waals surface area contributed by atoms with Gasteiger partial charge < -0.3 is 9.84 Å². The Morgan fingerprint density at radius 1 is 1.57 bits per heavy atom. The lowest BCUT2D eigenvalue weighted by Crippen LogP contribution is -2.17. The third kappa shape index (κ3) is 2.13. The average molecular weight is 258 g/mol. The molecule has 0 amide bonds. The first-order valence-corrected chi connectivity index (χ1v) is 5.47. The summed E-state index contributed by atoms with van der Waals surface area (Å²) in [6.07, 6.45) is 4.72. The predicted octanol–water partition coefficient (Wildman–Crippen LogP) is 2.06. The van der Waals surface area contributed by atoms with Gasteiger partial charge in [0.05, 0.1) is 6.10 Å². The van der Waals surface area contributed by atoms with E-state index in [4.69, 9.17) is 4.74 Å². The number of aliphatic hydroxyl groups is 1. The van der Waals surface area contributed by atoms with Gasteiger partial charge in [-0.3, -0.25) is 4.98 Å². The summed E-state index contributed by atoms with van der Waals surface area (Å²) in [5, 5.41) is 9.96. The summed E-state index contributed by atoms with van der Waals surface area (Å²) < 4.78 is 6.30. The van der Waals surface area contributed by atoms with Gasteiger partial charge in [0.15, 0.2) is 0 Å². The lowest BCUT2D eigenvalue weighted by Gasteiger charge is -2.17. The van der Waals surface area contributed by atoms with Crippen LogP contribution < -0.4 is 0 Å². The Hall–Kier alpha value is -0.450. The molecule has 0 saturated carbocycles. The SMILES string of the molecule is O[C@@H](c1cncc(Br)c1)[C@H]1CCCO1. The number of aromatic nitrogens is 1. The normalized spacial score (nSPS) is 23.7. The number of hydrogen-bond acceptors (Lipinski definition) is 3. The zero-order valence-electron chi connectivity index (χ0n) is 7.69. The summed E-state index contributed by atoms with van der Waals surface area (Å²) in [5.74, 6) is 0. The number of ether oxygens (including phenoxy) is 1. The summed E-state index contributed by atoms with van der Waals surface area (Å²) in [5.41, 5.74) is 0.811. The summed E-state index contributed by atoms with van der Waals surface area (Å²) in [7, 11) is 0. The average Bonchev–Trinajstić information content (AvgIpc) is 2.69. The van der Waals surface area contributed by atoms with Crippen LogP contribution >= 0.6 is 15.9 Å². The highest BCUT2D eigenvalue weighted by Gasteiger charge is 2.25. The lowest BCUT2D eigenvalue weighted by molar-refractivity contribution is -0.00277. The van der Waals surface area contributed by atoms with E-state index in [-0.39, 0.29) is 6.10 Å². The fourth-order valence-corrected chi connectivity index (χ4v) is 2.04. The molecule has 1 aliphatic heterocycles. The van der Waals surface area contributed by atoms with Crippen molar-refractivity contribution in [3.63, 3.8) is 0 Å². The standard InChI is InChI=1S/C10H12BrNO2/c11-8-4-7(5-12-6-8)10(13)9-2-1-3-14-9/h4-6,9-10,13H,1-3H2/t9-,10+/m1/s1. The number of rotatable bonds is 2. The van der Waals surface area contributed by atoms with Gasteiger partial charge in [0.25, 0.3) is 0 Å². The summed E-state index contributed by atoms with van der Waals surface area (Å²) in [4.78, 5) is 4.01. The zero-order chi connectivity index (χ0) is 9.97. The van der Waals surface area contributed by atoms with E-state index in [0.717, 1.165) is 29.5 Å². The molecule has 0 radical (unpaired) electrons. The van der Waals surface area contributed by atoms with Crippen molar-refractivity contribution in [3.8, 4) is 0 Å². The first-order valence-electron chi connectivity index (χ1n) is 4.67. The summed E-state index contributed by atoms with van der Waals surface area (Å²) >= 11 is 3.32. The van der Waals surface area contributed by atoms with Crippen molar-refractivity contribution in [2.75, 3.05) is 6.61 Å². The van der Waals surface area contributed by atoms with Crippen LogP contribution in [0.3, 0.4) is 0 Å². The molecule has 2 atom stereocenters. The Kier molecular flexibility index (Phi) is 3.15. The lowest BCUT2D eigenvalue weighted by atomic mass is 10.0. The van der Waals surface area contributed by atoms with Gasteiger partial charge in [0, 0.05) is 29.0 Å². The third-order valence-corrected chi connectivity index (χ3v) is 2.82. The molecule has 1 aromatic heterocycles. The molecule has 1 saturated heterocycles. The molecule has 0 aliphatic carbocycles. The van der Waals surface area contributed by atoms with E-state index >= 15 is 0 Å². The van der Waals surface area contributed by atoms with Crippen molar-refractivity contribution in [1.82, 2.24) is 4.98 Å². The van der Waals surface area contributed by atoms with Crippen LogP contribution in [0.5, 0.6) is 0 Å². The van der Waals surface area contributed by atoms with Crippen LogP contribution in [0.25, 0.3) is 0 Å². The molecule has 14 heavy (non-hydrogen) atoms. The second-order valence-electron chi connectivity index (χ2n) is 3.43. The monoisotopic (exact) mass is 257 g/mol. The van der Waals surface area contributed by atoms with E-state index in [1.165, 1.54) is 0 Å². The molecule has 2 heterocycles. The second-order valence-corrected chi connectivity index (χ2v) is 4.35. The van der Waals surface area contributed by atoms with E-state index in [9.17, 15) is 5.11 Å². The molecule has 76 valence electrons. The first-order chi connectivity index (χ1) is 6.77. The van der Waals surface area contributed by atoms with Gasteiger partial charge in [-0.1, -0.05) is 0 Å². The smallest absolute Gasteiger partial charge is 0.107 e. The molecular formula is C10H12BrNO2. The molecule has 2 rings (SSSR count). The maximum absolute atomic E-state index is 9.96. The van der Waals surface area contributed by atoms with E-state index in [1.54, 1.807) is 12.4 Å². The van der Waals surface area contributed by atoms with Crippen LogP contribution in [0.2, 0.25) is 0 Å². The highest BCUT2D eigenvalue weighted by molar-refractivity contribution is 9.10. The highest BCUT2D eigenvalue weighted by atomic mass is 79.9. The Morgan fingerprint density at radius 2 is 2.43 bits per heavy atom. The van der Waals surface area contributed by atoms with Crippen molar-refractivity contribution in [2.45, 2.75) is 25.0 Å². The molecule has 0 aromatic carbocycles. The van der Waals surface area contributed by atoms with Crippen LogP contribution in [0.4, 0.5) is 0 Å². The van der Waals surface area contributed by atoms with E-state index < -0.39 is 6.10 Å². The van der Waals surface area contributed by atoms with Crippen LogP contribution in [0.15, 0.2) is 22.9 Å². The molecule has 4 heteroatoms. The van der Waals surface area contributed by atoms with Crippen LogP contribution in [-0.2, 0) is 4.74 Å². The van der Waals surface area contributed by atoms with Crippen molar-refractivity contribution in [2.24, 2.45) is 0 Å². The molecule has 3 nitrogen and oxygen atoms in total. The van der Waals surface area contributed by atoms with Crippen LogP contribution in [-0.4, -0.2) is 22.8 Å². The van der Waals surface area contributed by atoms with Gasteiger partial charge >= 0.3 is 0 Å². The van der Waals surface area contributed by atoms with Gasteiger partial charge in [0.2, 0.25) is 0 Å². The number of pyridine rings is 1. The molecular weight excluding hydrogens is 246 g/mol. The van der Waals surface area contributed by atoms with Crippen LogP contribution in [0, 0.1) is 0 Å². The zero-order valence-corrected chi connectivity index (χ0v) is 9.27. The molecule has 0 unspecified atom stereocenters. The highest BCUT2D eigenvalue weighted by Crippen LogP contribution is 2.27.